The molecule has 0 aromatic rings. The van der Waals surface area contributed by atoms with Gasteiger partial charge in [-0.3, -0.25) is 4.18 Å². The van der Waals surface area contributed by atoms with Crippen LogP contribution in [0.1, 0.15) is 27.7 Å². The first kappa shape index (κ1) is 11.1. The molecular weight excluding hydrogens is 164 g/mol. The first-order chi connectivity index (χ1) is 4.95. The van der Waals surface area contributed by atoms with Crippen LogP contribution in [0, 0.1) is 11.8 Å². The summed E-state index contributed by atoms with van der Waals surface area (Å²) in [7, 11) is 0. The van der Waals surface area contributed by atoms with Crippen LogP contribution in [0.4, 0.5) is 0 Å². The van der Waals surface area contributed by atoms with Crippen molar-refractivity contribution >= 4 is 11.4 Å². The van der Waals surface area contributed by atoms with Gasteiger partial charge in [-0.1, -0.05) is 27.7 Å². The minimum atomic E-state index is -2.39. The molecule has 0 aromatic carbocycles. The highest BCUT2D eigenvalue weighted by molar-refractivity contribution is 7.74. The molecule has 68 valence electrons. The van der Waals surface area contributed by atoms with Crippen LogP contribution in [0.2, 0.25) is 0 Å². The summed E-state index contributed by atoms with van der Waals surface area (Å²) in [4.78, 5) is 0. The molecule has 0 bridgehead atoms. The molecule has 0 aromatic heterocycles. The summed E-state index contributed by atoms with van der Waals surface area (Å²) in [5.41, 5.74) is 0. The van der Waals surface area contributed by atoms with Crippen LogP contribution in [-0.2, 0) is 15.5 Å². The van der Waals surface area contributed by atoms with E-state index in [-0.39, 0.29) is 17.9 Å². The molecule has 0 radical (unpaired) electrons. The maximum Gasteiger partial charge on any atom is 0.0845 e. The van der Waals surface area contributed by atoms with E-state index in [4.69, 9.17) is 0 Å². The lowest BCUT2D eigenvalue weighted by atomic mass is 9.97. The summed E-state index contributed by atoms with van der Waals surface area (Å²) in [6, 6.07) is 0. The summed E-state index contributed by atoms with van der Waals surface area (Å²) < 4.78 is 25.1. The molecule has 0 saturated carbocycles. The predicted octanol–water partition coefficient (Wildman–Crippen LogP) is 1.48. The van der Waals surface area contributed by atoms with Crippen molar-refractivity contribution < 1.29 is 12.9 Å². The highest BCUT2D eigenvalue weighted by atomic mass is 32.2. The Kier molecular flexibility index (Phi) is 4.88. The second-order valence-corrected chi connectivity index (χ2v) is 3.85. The van der Waals surface area contributed by atoms with Crippen LogP contribution < -0.4 is 0 Å². The lowest BCUT2D eigenvalue weighted by Gasteiger charge is -2.25. The normalized spacial score (nSPS) is 14.9. The maximum atomic E-state index is 10.2. The highest BCUT2D eigenvalue weighted by Gasteiger charge is 2.18. The molecule has 0 aliphatic rings. The number of hydrogen-bond donors (Lipinski definition) is 0. The minimum Gasteiger partial charge on any atom is -0.750 e. The molecule has 0 aliphatic carbocycles. The van der Waals surface area contributed by atoms with Crippen molar-refractivity contribution in [3.63, 3.8) is 0 Å². The summed E-state index contributed by atoms with van der Waals surface area (Å²) >= 11 is -2.39. The topological polar surface area (TPSA) is 49.4 Å². The summed E-state index contributed by atoms with van der Waals surface area (Å²) in [6.07, 6.45) is -0.201. The third-order valence-electron chi connectivity index (χ3n) is 1.50. The molecule has 0 spiro atoms. The Hall–Kier alpha value is 0.0700. The Morgan fingerprint density at radius 1 is 1.18 bits per heavy atom. The van der Waals surface area contributed by atoms with Gasteiger partial charge in [-0.15, -0.1) is 0 Å². The molecule has 0 aliphatic heterocycles. The second kappa shape index (κ2) is 4.85. The van der Waals surface area contributed by atoms with Gasteiger partial charge in [0.25, 0.3) is 0 Å². The van der Waals surface area contributed by atoms with E-state index in [1.54, 1.807) is 0 Å². The molecule has 0 heterocycles. The van der Waals surface area contributed by atoms with Crippen molar-refractivity contribution in [1.82, 2.24) is 0 Å². The van der Waals surface area contributed by atoms with E-state index in [0.29, 0.717) is 0 Å². The fourth-order valence-corrected chi connectivity index (χ4v) is 1.71. The average Bonchev–Trinajstić information content (AvgIpc) is 1.81. The molecule has 4 heteroatoms. The lowest BCUT2D eigenvalue weighted by molar-refractivity contribution is 0.108. The average molecular weight is 179 g/mol. The molecule has 0 amide bonds. The Morgan fingerprint density at radius 3 is 1.64 bits per heavy atom. The SMILES string of the molecule is CC(C)C(OS(=O)[O-])C(C)C. The minimum absolute atomic E-state index is 0.201. The van der Waals surface area contributed by atoms with Gasteiger partial charge in [0.2, 0.25) is 0 Å². The van der Waals surface area contributed by atoms with Gasteiger partial charge < -0.3 is 4.55 Å². The fourth-order valence-electron chi connectivity index (χ4n) is 1.08. The van der Waals surface area contributed by atoms with E-state index in [9.17, 15) is 8.76 Å². The molecule has 0 fully saturated rings. The summed E-state index contributed by atoms with van der Waals surface area (Å²) in [5.74, 6) is 0.459. The Balaban J connectivity index is 4.00. The molecule has 3 nitrogen and oxygen atoms in total. The maximum absolute atomic E-state index is 10.2. The van der Waals surface area contributed by atoms with Crippen molar-refractivity contribution in [2.24, 2.45) is 11.8 Å². The molecule has 0 rings (SSSR count). The van der Waals surface area contributed by atoms with Crippen LogP contribution in [0.25, 0.3) is 0 Å². The monoisotopic (exact) mass is 179 g/mol. The Bertz CT molecular complexity index is 126. The van der Waals surface area contributed by atoms with Gasteiger partial charge in [0.1, 0.15) is 0 Å². The van der Waals surface area contributed by atoms with Gasteiger partial charge in [0, 0.05) is 0 Å². The van der Waals surface area contributed by atoms with E-state index in [2.05, 4.69) is 4.18 Å². The zero-order chi connectivity index (χ0) is 9.02. The lowest BCUT2D eigenvalue weighted by Crippen LogP contribution is -2.26. The third-order valence-corrected chi connectivity index (χ3v) is 1.88. The van der Waals surface area contributed by atoms with Crippen molar-refractivity contribution in [2.75, 3.05) is 0 Å². The quantitative estimate of drug-likeness (QED) is 0.614. The van der Waals surface area contributed by atoms with Crippen molar-refractivity contribution in [1.29, 1.82) is 0 Å². The van der Waals surface area contributed by atoms with Gasteiger partial charge in [0.05, 0.1) is 17.5 Å². The van der Waals surface area contributed by atoms with Crippen LogP contribution >= 0.6 is 0 Å². The molecule has 11 heavy (non-hydrogen) atoms. The van der Waals surface area contributed by atoms with Crippen LogP contribution in [-0.4, -0.2) is 14.9 Å². The van der Waals surface area contributed by atoms with Gasteiger partial charge in [-0.2, -0.15) is 0 Å². The summed E-state index contributed by atoms with van der Waals surface area (Å²) in [5, 5.41) is 0. The molecule has 1 atom stereocenters. The van der Waals surface area contributed by atoms with Gasteiger partial charge in [-0.05, 0) is 11.8 Å². The van der Waals surface area contributed by atoms with Gasteiger partial charge in [-0.25, -0.2) is 4.21 Å². The van der Waals surface area contributed by atoms with E-state index >= 15 is 0 Å². The third kappa shape index (κ3) is 4.50. The molecule has 0 saturated heterocycles. The summed E-state index contributed by atoms with van der Waals surface area (Å²) in [6.45, 7) is 7.77. The van der Waals surface area contributed by atoms with Crippen molar-refractivity contribution in [2.45, 2.75) is 33.8 Å². The zero-order valence-electron chi connectivity index (χ0n) is 7.37. The molecule has 0 N–H and O–H groups in total. The second-order valence-electron chi connectivity index (χ2n) is 3.25. The highest BCUT2D eigenvalue weighted by Crippen LogP contribution is 2.16. The largest absolute Gasteiger partial charge is 0.750 e. The Morgan fingerprint density at radius 2 is 1.55 bits per heavy atom. The van der Waals surface area contributed by atoms with E-state index in [0.717, 1.165) is 0 Å². The van der Waals surface area contributed by atoms with E-state index in [1.165, 1.54) is 0 Å². The Labute approximate surface area is 70.6 Å². The number of rotatable bonds is 4. The number of hydrogen-bond acceptors (Lipinski definition) is 3. The molecular formula is C7H15O3S-. The standard InChI is InChI=1S/C7H16O3S/c1-5(2)7(6(3)4)10-11(8)9/h5-7H,1-4H3,(H,8,9)/p-1. The van der Waals surface area contributed by atoms with Crippen molar-refractivity contribution in [3.05, 3.63) is 0 Å². The first-order valence-electron chi connectivity index (χ1n) is 3.71. The van der Waals surface area contributed by atoms with Crippen LogP contribution in [0.3, 0.4) is 0 Å². The predicted molar refractivity (Wildman–Crippen MR) is 43.5 cm³/mol. The molecule has 1 unspecified atom stereocenters. The van der Waals surface area contributed by atoms with Crippen LogP contribution in [0.15, 0.2) is 0 Å². The zero-order valence-corrected chi connectivity index (χ0v) is 8.18. The van der Waals surface area contributed by atoms with Crippen LogP contribution in [0.5, 0.6) is 0 Å². The van der Waals surface area contributed by atoms with E-state index < -0.39 is 11.4 Å². The van der Waals surface area contributed by atoms with E-state index in [1.807, 2.05) is 27.7 Å². The van der Waals surface area contributed by atoms with Gasteiger partial charge >= 0.3 is 0 Å². The van der Waals surface area contributed by atoms with Gasteiger partial charge in [0.15, 0.2) is 0 Å². The fraction of sp³-hybridized carbons (Fsp3) is 1.00. The first-order valence-corrected chi connectivity index (χ1v) is 4.71. The smallest absolute Gasteiger partial charge is 0.0845 e. The van der Waals surface area contributed by atoms with Crippen molar-refractivity contribution in [3.8, 4) is 0 Å².